The van der Waals surface area contributed by atoms with Gasteiger partial charge in [-0.2, -0.15) is 17.8 Å². The summed E-state index contributed by atoms with van der Waals surface area (Å²) in [6.45, 7) is -3.25. The number of pyridine rings is 1. The van der Waals surface area contributed by atoms with Crippen LogP contribution in [0.1, 0.15) is 27.7 Å². The van der Waals surface area contributed by atoms with Crippen LogP contribution in [0.4, 0.5) is 8.78 Å². The number of aryl methyl sites for hydroxylation is 1. The predicted molar refractivity (Wildman–Crippen MR) is 152 cm³/mol. The van der Waals surface area contributed by atoms with Crippen molar-refractivity contribution >= 4 is 56.9 Å². The van der Waals surface area contributed by atoms with Gasteiger partial charge in [-0.05, 0) is 23.8 Å². The lowest BCUT2D eigenvalue weighted by atomic mass is 10.0. The Balaban J connectivity index is 1.66. The number of carbonyl (C=O) groups excluding carboxylic acids is 2. The Bertz CT molecular complexity index is 1630. The predicted octanol–water partition coefficient (Wildman–Crippen LogP) is 3.22. The molecule has 2 atom stereocenters. The van der Waals surface area contributed by atoms with Crippen LogP contribution < -0.4 is 14.8 Å². The molecule has 0 radical (unpaired) electrons. The van der Waals surface area contributed by atoms with Gasteiger partial charge in [-0.15, -0.1) is 11.8 Å². The molecule has 12 nitrogen and oxygen atoms in total. The highest BCUT2D eigenvalue weighted by Crippen LogP contribution is 2.37. The number of phenols is 1. The van der Waals surface area contributed by atoms with Gasteiger partial charge in [0.25, 0.3) is 5.91 Å². The standard InChI is InChI=1S/C25H24Cl2F2N4O8S2/c1-30-22(35)18-8-14(10-31(18)2)43(38,39)33-5-6-42-23(33)24(36)40-21(9-15-16(26)11-32(37)12-17(15)27)13-3-4-20(19(34)7-13)41-25(28)29/h3-4,7-8,10-12,21,23,25,34H,5-6,9H2,1-2H3,(H,30,35)/t21-,23-/m0/s1. The zero-order valence-electron chi connectivity index (χ0n) is 22.4. The van der Waals surface area contributed by atoms with Crippen molar-refractivity contribution in [2.75, 3.05) is 19.3 Å². The molecule has 1 fully saturated rings. The number of hydrogen-bond acceptors (Lipinski definition) is 9. The van der Waals surface area contributed by atoms with Crippen molar-refractivity contribution in [2.45, 2.75) is 29.4 Å². The first-order chi connectivity index (χ1) is 20.2. The van der Waals surface area contributed by atoms with Crippen LogP contribution >= 0.6 is 35.0 Å². The molecule has 3 aromatic rings. The van der Waals surface area contributed by atoms with E-state index in [9.17, 15) is 37.1 Å². The van der Waals surface area contributed by atoms with Gasteiger partial charge >= 0.3 is 12.6 Å². The van der Waals surface area contributed by atoms with Crippen LogP contribution in [0.15, 0.2) is 47.8 Å². The number of phenolic OH excluding ortho intramolecular Hbond substituents is 1. The summed E-state index contributed by atoms with van der Waals surface area (Å²) in [5.74, 6) is -2.45. The number of hydrogen-bond donors (Lipinski definition) is 2. The first-order valence-corrected chi connectivity index (χ1v) is 15.5. The zero-order chi connectivity index (χ0) is 31.6. The van der Waals surface area contributed by atoms with Crippen LogP contribution in [0.25, 0.3) is 0 Å². The average molecular weight is 682 g/mol. The van der Waals surface area contributed by atoms with E-state index in [4.69, 9.17) is 27.9 Å². The molecule has 43 heavy (non-hydrogen) atoms. The smallest absolute Gasteiger partial charge is 0.387 e. The third-order valence-corrected chi connectivity index (χ3v) is 10.2. The molecule has 232 valence electrons. The Kier molecular flexibility index (Phi) is 9.96. The number of ether oxygens (including phenoxy) is 2. The maximum atomic E-state index is 13.5. The maximum Gasteiger partial charge on any atom is 0.387 e. The van der Waals surface area contributed by atoms with Crippen molar-refractivity contribution in [3.05, 3.63) is 74.9 Å². The lowest BCUT2D eigenvalue weighted by Gasteiger charge is -2.25. The van der Waals surface area contributed by atoms with Crippen molar-refractivity contribution in [1.29, 1.82) is 0 Å². The molecule has 18 heteroatoms. The molecule has 1 aliphatic heterocycles. The van der Waals surface area contributed by atoms with Gasteiger partial charge in [0.15, 0.2) is 29.3 Å². The minimum absolute atomic E-state index is 0.0398. The lowest BCUT2D eigenvalue weighted by Crippen LogP contribution is -2.40. The van der Waals surface area contributed by atoms with E-state index >= 15 is 0 Å². The Morgan fingerprint density at radius 3 is 2.53 bits per heavy atom. The van der Waals surface area contributed by atoms with E-state index in [1.165, 1.54) is 37.0 Å². The molecule has 1 aromatic carbocycles. The van der Waals surface area contributed by atoms with Gasteiger partial charge in [-0.3, -0.25) is 4.79 Å². The second-order valence-electron chi connectivity index (χ2n) is 9.12. The largest absolute Gasteiger partial charge is 0.619 e. The van der Waals surface area contributed by atoms with Gasteiger partial charge in [0.05, 0.1) is 0 Å². The van der Waals surface area contributed by atoms with E-state index in [1.807, 2.05) is 0 Å². The van der Waals surface area contributed by atoms with Gasteiger partial charge in [-0.1, -0.05) is 29.3 Å². The second kappa shape index (κ2) is 13.1. The number of nitrogens with zero attached hydrogens (tertiary/aromatic N) is 3. The lowest BCUT2D eigenvalue weighted by molar-refractivity contribution is -0.605. The van der Waals surface area contributed by atoms with Crippen LogP contribution in [0.3, 0.4) is 0 Å². The summed E-state index contributed by atoms with van der Waals surface area (Å²) in [7, 11) is -1.38. The highest BCUT2D eigenvalue weighted by molar-refractivity contribution is 8.02. The van der Waals surface area contributed by atoms with Crippen LogP contribution in [0, 0.1) is 5.21 Å². The third-order valence-electron chi connectivity index (χ3n) is 6.37. The second-order valence-corrected chi connectivity index (χ2v) is 13.0. The van der Waals surface area contributed by atoms with Gasteiger partial charge in [0, 0.05) is 44.6 Å². The molecule has 4 rings (SSSR count). The number of aromatic hydroxyl groups is 1. The number of benzene rings is 1. The average Bonchev–Trinajstić information content (AvgIpc) is 3.58. The molecule has 1 amide bonds. The van der Waals surface area contributed by atoms with Crippen molar-refractivity contribution in [1.82, 2.24) is 14.2 Å². The summed E-state index contributed by atoms with van der Waals surface area (Å²) in [4.78, 5) is 25.4. The zero-order valence-corrected chi connectivity index (χ0v) is 25.5. The van der Waals surface area contributed by atoms with Crippen molar-refractivity contribution in [2.24, 2.45) is 7.05 Å². The number of aromatic nitrogens is 2. The summed E-state index contributed by atoms with van der Waals surface area (Å²) < 4.78 is 65.2. The molecule has 0 aliphatic carbocycles. The topological polar surface area (TPSA) is 154 Å². The Hall–Kier alpha value is -3.31. The number of sulfonamides is 1. The molecule has 2 N–H and O–H groups in total. The highest BCUT2D eigenvalue weighted by Gasteiger charge is 2.43. The summed E-state index contributed by atoms with van der Waals surface area (Å²) in [5.41, 5.74) is 0.381. The molecule has 0 bridgehead atoms. The fourth-order valence-electron chi connectivity index (χ4n) is 4.32. The fraction of sp³-hybridized carbons (Fsp3) is 0.320. The molecule has 0 saturated carbocycles. The van der Waals surface area contributed by atoms with Gasteiger partial charge in [0.2, 0.25) is 10.0 Å². The molecule has 2 aromatic heterocycles. The minimum Gasteiger partial charge on any atom is -0.619 e. The normalized spacial score (nSPS) is 16.3. The van der Waals surface area contributed by atoms with E-state index < -0.39 is 51.5 Å². The molecule has 0 spiro atoms. The monoisotopic (exact) mass is 680 g/mol. The summed E-state index contributed by atoms with van der Waals surface area (Å²) in [6, 6.07) is 4.52. The number of halogens is 4. The Morgan fingerprint density at radius 2 is 1.93 bits per heavy atom. The number of nitrogens with one attached hydrogen (secondary N) is 1. The van der Waals surface area contributed by atoms with Gasteiger partial charge in [0.1, 0.15) is 26.7 Å². The summed E-state index contributed by atoms with van der Waals surface area (Å²) >= 11 is 13.4. The summed E-state index contributed by atoms with van der Waals surface area (Å²) in [5, 5.41) is 23.0. The van der Waals surface area contributed by atoms with E-state index in [0.717, 1.165) is 40.6 Å². The number of rotatable bonds is 10. The summed E-state index contributed by atoms with van der Waals surface area (Å²) in [6.07, 6.45) is 1.77. The van der Waals surface area contributed by atoms with Crippen LogP contribution in [-0.2, 0) is 33.0 Å². The Morgan fingerprint density at radius 1 is 1.26 bits per heavy atom. The number of alkyl halides is 2. The van der Waals surface area contributed by atoms with Crippen LogP contribution in [0.5, 0.6) is 11.5 Å². The number of amides is 1. The minimum atomic E-state index is -4.27. The number of carbonyl (C=O) groups is 2. The third kappa shape index (κ3) is 7.09. The molecular formula is C25H24Cl2F2N4O8S2. The molecule has 3 heterocycles. The molecule has 1 aliphatic rings. The maximum absolute atomic E-state index is 13.5. The first kappa shape index (κ1) is 32.6. The SMILES string of the molecule is CNC(=O)c1cc(S(=O)(=O)N2CCS[C@H]2C(=O)O[C@@H](Cc2c(Cl)c[n+]([O-])cc2Cl)c2ccc(OC(F)F)c(O)c2)cn1C. The fourth-order valence-corrected chi connectivity index (χ4v) is 8.04. The molecule has 1 saturated heterocycles. The quantitative estimate of drug-likeness (QED) is 0.187. The van der Waals surface area contributed by atoms with Crippen molar-refractivity contribution in [3.8, 4) is 11.5 Å². The highest BCUT2D eigenvalue weighted by atomic mass is 35.5. The Labute approximate surface area is 258 Å². The van der Waals surface area contributed by atoms with E-state index in [1.54, 1.807) is 0 Å². The van der Waals surface area contributed by atoms with Crippen LogP contribution in [0.2, 0.25) is 10.0 Å². The van der Waals surface area contributed by atoms with Crippen LogP contribution in [-0.4, -0.2) is 65.6 Å². The first-order valence-electron chi connectivity index (χ1n) is 12.3. The molecular weight excluding hydrogens is 657 g/mol. The number of thioether (sulfide) groups is 1. The molecule has 0 unspecified atom stereocenters. The van der Waals surface area contributed by atoms with E-state index in [0.29, 0.717) is 4.73 Å². The number of esters is 1. The van der Waals surface area contributed by atoms with Gasteiger partial charge < -0.3 is 29.7 Å². The van der Waals surface area contributed by atoms with Crippen molar-refractivity contribution < 1.29 is 46.1 Å². The van der Waals surface area contributed by atoms with E-state index in [-0.39, 0.29) is 50.5 Å². The van der Waals surface area contributed by atoms with E-state index in [2.05, 4.69) is 10.1 Å². The van der Waals surface area contributed by atoms with Crippen molar-refractivity contribution in [3.63, 3.8) is 0 Å². The van der Waals surface area contributed by atoms with Gasteiger partial charge in [-0.25, -0.2) is 13.2 Å².